The zero-order valence-corrected chi connectivity index (χ0v) is 16.6. The molecule has 160 valence electrons. The zero-order chi connectivity index (χ0) is 21.1. The smallest absolute Gasteiger partial charge is 0.293 e. The summed E-state index contributed by atoms with van der Waals surface area (Å²) in [6.45, 7) is 5.69. The summed E-state index contributed by atoms with van der Waals surface area (Å²) >= 11 is 0. The molecule has 0 unspecified atom stereocenters. The van der Waals surface area contributed by atoms with Crippen LogP contribution in [0, 0.1) is 17.0 Å². The first kappa shape index (κ1) is 22.8. The van der Waals surface area contributed by atoms with Gasteiger partial charge in [0, 0.05) is 50.8 Å². The number of allylic oxidation sites excluding steroid dienone is 1. The minimum Gasteiger partial charge on any atom is -0.484 e. The molecule has 1 aliphatic rings. The molecule has 2 rings (SSSR count). The molecule has 9 heteroatoms. The Hall–Kier alpha value is -2.52. The summed E-state index contributed by atoms with van der Waals surface area (Å²) < 4.78 is 38.0. The van der Waals surface area contributed by atoms with Crippen molar-refractivity contribution in [3.05, 3.63) is 41.3 Å². The first-order valence-electron chi connectivity index (χ1n) is 9.73. The van der Waals surface area contributed by atoms with Crippen molar-refractivity contribution < 1.29 is 23.0 Å². The van der Waals surface area contributed by atoms with Crippen LogP contribution < -0.4 is 10.6 Å². The highest BCUT2D eigenvalue weighted by atomic mass is 19.1. The number of amides is 1. The second-order valence-corrected chi connectivity index (χ2v) is 6.52. The van der Waals surface area contributed by atoms with Crippen molar-refractivity contribution in [2.75, 3.05) is 51.3 Å². The van der Waals surface area contributed by atoms with Crippen LogP contribution in [0.15, 0.2) is 29.7 Å². The molecule has 1 amide bonds. The van der Waals surface area contributed by atoms with Crippen molar-refractivity contribution in [2.45, 2.75) is 19.8 Å². The predicted octanol–water partition coefficient (Wildman–Crippen LogP) is 2.50. The highest BCUT2D eigenvalue weighted by molar-refractivity contribution is 6.05. The SMILES string of the molecule is CCCCOCCO/C(C(=O)Nc1cc(F)cc(F)c1)=C(/C=N)N1CCNCC1. The second kappa shape index (κ2) is 12.1. The predicted molar refractivity (Wildman–Crippen MR) is 107 cm³/mol. The molecule has 0 bridgehead atoms. The lowest BCUT2D eigenvalue weighted by Gasteiger charge is -2.31. The minimum atomic E-state index is -0.801. The third-order valence-corrected chi connectivity index (χ3v) is 4.27. The van der Waals surface area contributed by atoms with E-state index in [4.69, 9.17) is 14.9 Å². The molecule has 0 saturated carbocycles. The standard InChI is InChI=1S/C20H28F2N4O3/c1-2-3-8-28-9-10-29-19(18(14-23)26-6-4-24-5-7-26)20(27)25-17-12-15(21)11-16(22)13-17/h11-14,23-24H,2-10H2,1H3,(H,25,27)/b19-18-,23-14?. The number of halogens is 2. The molecule has 0 aliphatic carbocycles. The summed E-state index contributed by atoms with van der Waals surface area (Å²) in [7, 11) is 0. The first-order valence-corrected chi connectivity index (χ1v) is 9.73. The summed E-state index contributed by atoms with van der Waals surface area (Å²) in [5.41, 5.74) is 0.284. The van der Waals surface area contributed by atoms with E-state index >= 15 is 0 Å². The van der Waals surface area contributed by atoms with Crippen LogP contribution in [0.5, 0.6) is 0 Å². The van der Waals surface area contributed by atoms with Gasteiger partial charge in [-0.1, -0.05) is 13.3 Å². The van der Waals surface area contributed by atoms with E-state index in [2.05, 4.69) is 17.6 Å². The van der Waals surface area contributed by atoms with E-state index in [-0.39, 0.29) is 24.7 Å². The van der Waals surface area contributed by atoms with Crippen molar-refractivity contribution in [3.8, 4) is 0 Å². The Morgan fingerprint density at radius 2 is 1.90 bits per heavy atom. The summed E-state index contributed by atoms with van der Waals surface area (Å²) in [5, 5.41) is 13.4. The molecule has 1 aromatic carbocycles. The van der Waals surface area contributed by atoms with Gasteiger partial charge in [-0.25, -0.2) is 8.78 Å². The van der Waals surface area contributed by atoms with E-state index in [1.165, 1.54) is 0 Å². The molecular formula is C20H28F2N4O3. The summed E-state index contributed by atoms with van der Waals surface area (Å²) in [5.74, 6) is -2.36. The topological polar surface area (TPSA) is 86.7 Å². The Labute approximate surface area is 169 Å². The number of nitrogens with zero attached hydrogens (tertiary/aromatic N) is 1. The molecule has 1 aromatic rings. The number of hydrogen-bond acceptors (Lipinski definition) is 6. The van der Waals surface area contributed by atoms with Crippen molar-refractivity contribution in [3.63, 3.8) is 0 Å². The lowest BCUT2D eigenvalue weighted by atomic mass is 10.2. The van der Waals surface area contributed by atoms with Gasteiger partial charge in [-0.2, -0.15) is 0 Å². The van der Waals surface area contributed by atoms with E-state index < -0.39 is 17.5 Å². The molecule has 7 nitrogen and oxygen atoms in total. The summed E-state index contributed by atoms with van der Waals surface area (Å²) in [6.07, 6.45) is 3.00. The van der Waals surface area contributed by atoms with Crippen molar-refractivity contribution >= 4 is 17.8 Å². The number of carbonyl (C=O) groups excluding carboxylic acids is 1. The molecule has 3 N–H and O–H groups in total. The number of anilines is 1. The second-order valence-electron chi connectivity index (χ2n) is 6.52. The molecule has 1 aliphatic heterocycles. The average molecular weight is 410 g/mol. The molecule has 0 aromatic heterocycles. The Balaban J connectivity index is 2.16. The van der Waals surface area contributed by atoms with Gasteiger partial charge in [-0.15, -0.1) is 0 Å². The Kier molecular flexibility index (Phi) is 9.52. The Bertz CT molecular complexity index is 701. The van der Waals surface area contributed by atoms with Crippen LogP contribution >= 0.6 is 0 Å². The number of rotatable bonds is 11. The first-order chi connectivity index (χ1) is 14.0. The number of hydrogen-bond donors (Lipinski definition) is 3. The summed E-state index contributed by atoms with van der Waals surface area (Å²) in [4.78, 5) is 14.7. The van der Waals surface area contributed by atoms with Gasteiger partial charge in [0.1, 0.15) is 23.9 Å². The molecule has 0 spiro atoms. The third kappa shape index (κ3) is 7.43. The van der Waals surface area contributed by atoms with Gasteiger partial charge >= 0.3 is 0 Å². The number of piperazine rings is 1. The number of nitrogens with one attached hydrogen (secondary N) is 3. The molecule has 29 heavy (non-hydrogen) atoms. The van der Waals surface area contributed by atoms with Gasteiger partial charge in [-0.05, 0) is 18.6 Å². The maximum Gasteiger partial charge on any atom is 0.293 e. The molecule has 1 fully saturated rings. The minimum absolute atomic E-state index is 0.0302. The molecular weight excluding hydrogens is 382 g/mol. The van der Waals surface area contributed by atoms with Crippen molar-refractivity contribution in [1.82, 2.24) is 10.2 Å². The highest BCUT2D eigenvalue weighted by Crippen LogP contribution is 2.17. The van der Waals surface area contributed by atoms with E-state index in [1.54, 1.807) is 0 Å². The van der Waals surface area contributed by atoms with Crippen LogP contribution in [0.1, 0.15) is 19.8 Å². The lowest BCUT2D eigenvalue weighted by molar-refractivity contribution is -0.116. The average Bonchev–Trinajstić information content (AvgIpc) is 2.69. The normalized spacial score (nSPS) is 14.9. The largest absolute Gasteiger partial charge is 0.484 e. The molecule has 1 saturated heterocycles. The summed E-state index contributed by atoms with van der Waals surface area (Å²) in [6, 6.07) is 2.75. The third-order valence-electron chi connectivity index (χ3n) is 4.27. The lowest BCUT2D eigenvalue weighted by Crippen LogP contribution is -2.44. The monoisotopic (exact) mass is 410 g/mol. The number of ether oxygens (including phenoxy) is 2. The van der Waals surface area contributed by atoms with Crippen molar-refractivity contribution in [2.24, 2.45) is 0 Å². The van der Waals surface area contributed by atoms with Crippen molar-refractivity contribution in [1.29, 1.82) is 5.41 Å². The van der Waals surface area contributed by atoms with E-state index in [9.17, 15) is 13.6 Å². The van der Waals surface area contributed by atoms with Gasteiger partial charge in [0.2, 0.25) is 5.76 Å². The number of carbonyl (C=O) groups is 1. The van der Waals surface area contributed by atoms with Crippen LogP contribution in [0.4, 0.5) is 14.5 Å². The van der Waals surface area contributed by atoms with Gasteiger partial charge in [-0.3, -0.25) is 4.79 Å². The number of unbranched alkanes of at least 4 members (excludes halogenated alkanes) is 1. The van der Waals surface area contributed by atoms with E-state index in [0.717, 1.165) is 37.3 Å². The zero-order valence-electron chi connectivity index (χ0n) is 16.6. The van der Waals surface area contributed by atoms with Crippen LogP contribution in [-0.2, 0) is 14.3 Å². The fourth-order valence-electron chi connectivity index (χ4n) is 2.83. The Morgan fingerprint density at radius 3 is 2.52 bits per heavy atom. The Morgan fingerprint density at radius 1 is 1.21 bits per heavy atom. The van der Waals surface area contributed by atoms with E-state index in [1.807, 2.05) is 4.90 Å². The van der Waals surface area contributed by atoms with Crippen LogP contribution in [-0.4, -0.2) is 63.0 Å². The highest BCUT2D eigenvalue weighted by Gasteiger charge is 2.23. The van der Waals surface area contributed by atoms with Crippen LogP contribution in [0.3, 0.4) is 0 Å². The van der Waals surface area contributed by atoms with E-state index in [0.29, 0.717) is 38.5 Å². The van der Waals surface area contributed by atoms with Crippen LogP contribution in [0.2, 0.25) is 0 Å². The maximum absolute atomic E-state index is 13.4. The fourth-order valence-corrected chi connectivity index (χ4v) is 2.83. The molecule has 1 heterocycles. The van der Waals surface area contributed by atoms with Gasteiger partial charge in [0.25, 0.3) is 5.91 Å². The number of benzene rings is 1. The van der Waals surface area contributed by atoms with Gasteiger partial charge < -0.3 is 30.4 Å². The van der Waals surface area contributed by atoms with Gasteiger partial charge in [0.05, 0.1) is 6.61 Å². The quantitative estimate of drug-likeness (QED) is 0.226. The molecule has 0 radical (unpaired) electrons. The maximum atomic E-state index is 13.4. The molecule has 0 atom stereocenters. The van der Waals surface area contributed by atoms with Gasteiger partial charge in [0.15, 0.2) is 0 Å². The fraction of sp³-hybridized carbons (Fsp3) is 0.500. The van der Waals surface area contributed by atoms with Crippen LogP contribution in [0.25, 0.3) is 0 Å².